The highest BCUT2D eigenvalue weighted by molar-refractivity contribution is 6.84. The second kappa shape index (κ2) is 8.72. The summed E-state index contributed by atoms with van der Waals surface area (Å²) in [4.78, 5) is 0. The van der Waals surface area contributed by atoms with E-state index in [-0.39, 0.29) is 22.2 Å². The fourth-order valence-corrected chi connectivity index (χ4v) is 16.1. The van der Waals surface area contributed by atoms with Crippen LogP contribution in [0.4, 0.5) is 0 Å². The normalized spacial score (nSPS) is 38.1. The molecule has 0 bridgehead atoms. The SMILES string of the molecule is CO[C@@H]1[C@@H](O)[C@@H](O)[C@H](O)[C@@H]2O[Si](C(C)C)(C(C)C)O[Si](C(C)C)(C(C)C)O[C@@H]12. The lowest BCUT2D eigenvalue weighted by Crippen LogP contribution is -2.67. The average molecular weight is 437 g/mol. The minimum Gasteiger partial charge on any atom is -0.414 e. The molecule has 7 nitrogen and oxygen atoms in total. The third-order valence-electron chi connectivity index (χ3n) is 6.47. The first-order chi connectivity index (χ1) is 12.9. The number of ether oxygens (including phenoxy) is 1. The lowest BCUT2D eigenvalue weighted by atomic mass is 9.85. The molecule has 0 aromatic rings. The van der Waals surface area contributed by atoms with Crippen LogP contribution in [0.3, 0.4) is 0 Å². The molecule has 6 atom stereocenters. The van der Waals surface area contributed by atoms with Crippen LogP contribution in [-0.2, 0) is 17.7 Å². The van der Waals surface area contributed by atoms with Crippen molar-refractivity contribution in [1.82, 2.24) is 0 Å². The van der Waals surface area contributed by atoms with Gasteiger partial charge in [0, 0.05) is 7.11 Å². The van der Waals surface area contributed by atoms with Gasteiger partial charge in [0.25, 0.3) is 0 Å². The second-order valence-corrected chi connectivity index (χ2v) is 18.3. The third kappa shape index (κ3) is 3.78. The maximum atomic E-state index is 10.8. The summed E-state index contributed by atoms with van der Waals surface area (Å²) in [5.41, 5.74) is 0.517. The standard InChI is InChI=1S/C19H40O7Si2/c1-10(2)27(11(3)4)24-18-16(22)14(20)15(21)17(23-9)19(18)25-28(26-27,12(5)6)13(7)8/h10-22H,1-9H3/t14-,15+,16+,17-,18+,19+/m1/s1. The molecule has 2 aliphatic rings. The molecular formula is C19H40O7Si2. The molecule has 1 aliphatic heterocycles. The molecule has 2 rings (SSSR count). The number of hydrogen-bond acceptors (Lipinski definition) is 7. The summed E-state index contributed by atoms with van der Waals surface area (Å²) in [7, 11) is -4.23. The van der Waals surface area contributed by atoms with Crippen LogP contribution in [0.5, 0.6) is 0 Å². The van der Waals surface area contributed by atoms with Crippen LogP contribution < -0.4 is 0 Å². The van der Waals surface area contributed by atoms with E-state index >= 15 is 0 Å². The molecule has 1 saturated heterocycles. The van der Waals surface area contributed by atoms with Gasteiger partial charge in [-0.15, -0.1) is 0 Å². The summed E-state index contributed by atoms with van der Waals surface area (Å²) in [6, 6.07) is 0. The van der Waals surface area contributed by atoms with E-state index in [9.17, 15) is 15.3 Å². The molecule has 0 aromatic heterocycles. The fraction of sp³-hybridized carbons (Fsp3) is 1.00. The van der Waals surface area contributed by atoms with E-state index in [0.717, 1.165) is 0 Å². The van der Waals surface area contributed by atoms with Gasteiger partial charge in [0.15, 0.2) is 0 Å². The molecular weight excluding hydrogens is 396 g/mol. The predicted octanol–water partition coefficient (Wildman–Crippen LogP) is 2.42. The van der Waals surface area contributed by atoms with Crippen LogP contribution in [0.1, 0.15) is 55.4 Å². The fourth-order valence-electron chi connectivity index (χ4n) is 4.78. The van der Waals surface area contributed by atoms with Gasteiger partial charge in [0.05, 0.1) is 0 Å². The van der Waals surface area contributed by atoms with Gasteiger partial charge < -0.3 is 33.0 Å². The van der Waals surface area contributed by atoms with Crippen LogP contribution >= 0.6 is 0 Å². The molecule has 9 heteroatoms. The first kappa shape index (κ1) is 24.4. The minimum atomic E-state index is -2.86. The van der Waals surface area contributed by atoms with Crippen LogP contribution in [0, 0.1) is 0 Å². The Morgan fingerprint density at radius 3 is 1.39 bits per heavy atom. The Balaban J connectivity index is 2.69. The molecule has 0 aromatic carbocycles. The lowest BCUT2D eigenvalue weighted by Gasteiger charge is -2.47. The van der Waals surface area contributed by atoms with Crippen molar-refractivity contribution in [2.75, 3.05) is 7.11 Å². The quantitative estimate of drug-likeness (QED) is 0.569. The maximum Gasteiger partial charge on any atom is 0.335 e. The van der Waals surface area contributed by atoms with Crippen LogP contribution in [-0.4, -0.2) is 76.2 Å². The minimum absolute atomic E-state index is 0.122. The number of rotatable bonds is 5. The van der Waals surface area contributed by atoms with E-state index in [0.29, 0.717) is 0 Å². The average Bonchev–Trinajstić information content (AvgIpc) is 2.77. The zero-order valence-electron chi connectivity index (χ0n) is 18.7. The van der Waals surface area contributed by atoms with Gasteiger partial charge in [-0.25, -0.2) is 0 Å². The van der Waals surface area contributed by atoms with E-state index in [2.05, 4.69) is 55.4 Å². The summed E-state index contributed by atoms with van der Waals surface area (Å²) in [6.45, 7) is 16.8. The molecule has 28 heavy (non-hydrogen) atoms. The van der Waals surface area contributed by atoms with Crippen molar-refractivity contribution in [3.8, 4) is 0 Å². The Bertz CT molecular complexity index is 512. The highest BCUT2D eigenvalue weighted by Gasteiger charge is 2.65. The van der Waals surface area contributed by atoms with Gasteiger partial charge in [0.2, 0.25) is 0 Å². The van der Waals surface area contributed by atoms with E-state index in [4.69, 9.17) is 17.7 Å². The molecule has 1 saturated carbocycles. The first-order valence-electron chi connectivity index (χ1n) is 10.5. The highest BCUT2D eigenvalue weighted by atomic mass is 28.5. The largest absolute Gasteiger partial charge is 0.414 e. The van der Waals surface area contributed by atoms with Crippen molar-refractivity contribution in [3.63, 3.8) is 0 Å². The van der Waals surface area contributed by atoms with Crippen molar-refractivity contribution in [1.29, 1.82) is 0 Å². The molecule has 0 radical (unpaired) electrons. The van der Waals surface area contributed by atoms with E-state index in [1.165, 1.54) is 7.11 Å². The van der Waals surface area contributed by atoms with Crippen LogP contribution in [0.25, 0.3) is 0 Å². The molecule has 3 N–H and O–H groups in total. The molecule has 2 fully saturated rings. The molecule has 0 unspecified atom stereocenters. The van der Waals surface area contributed by atoms with E-state index < -0.39 is 53.7 Å². The Hall–Kier alpha value is 0.154. The second-order valence-electron chi connectivity index (χ2n) is 9.50. The van der Waals surface area contributed by atoms with Gasteiger partial charge in [-0.2, -0.15) is 0 Å². The highest BCUT2D eigenvalue weighted by Crippen LogP contribution is 2.49. The summed E-state index contributed by atoms with van der Waals surface area (Å²) in [6.07, 6.45) is -6.23. The van der Waals surface area contributed by atoms with Gasteiger partial charge >= 0.3 is 17.1 Å². The Labute approximate surface area is 171 Å². The predicted molar refractivity (Wildman–Crippen MR) is 112 cm³/mol. The monoisotopic (exact) mass is 436 g/mol. The number of aliphatic hydroxyl groups is 3. The van der Waals surface area contributed by atoms with E-state index in [1.807, 2.05) is 0 Å². The van der Waals surface area contributed by atoms with Crippen molar-refractivity contribution >= 4 is 17.1 Å². The Morgan fingerprint density at radius 2 is 1.04 bits per heavy atom. The lowest BCUT2D eigenvalue weighted by molar-refractivity contribution is -0.220. The van der Waals surface area contributed by atoms with Gasteiger partial charge in [-0.1, -0.05) is 55.4 Å². The summed E-state index contributed by atoms with van der Waals surface area (Å²) in [5, 5.41) is 31.8. The van der Waals surface area contributed by atoms with Gasteiger partial charge in [-0.05, 0) is 22.2 Å². The molecule has 0 spiro atoms. The third-order valence-corrected chi connectivity index (χ3v) is 16.7. The number of methoxy groups -OCH3 is 1. The van der Waals surface area contributed by atoms with Gasteiger partial charge in [-0.3, -0.25) is 0 Å². The summed E-state index contributed by atoms with van der Waals surface area (Å²) in [5.74, 6) is 0. The molecule has 166 valence electrons. The molecule has 1 aliphatic carbocycles. The number of fused-ring (bicyclic) bond motifs is 1. The summed E-state index contributed by atoms with van der Waals surface area (Å²) >= 11 is 0. The molecule has 0 amide bonds. The topological polar surface area (TPSA) is 97.6 Å². The van der Waals surface area contributed by atoms with Crippen molar-refractivity contribution in [3.05, 3.63) is 0 Å². The number of aliphatic hydroxyl groups excluding tert-OH is 3. The first-order valence-corrected chi connectivity index (χ1v) is 14.4. The Kier molecular flexibility index (Phi) is 7.61. The Morgan fingerprint density at radius 1 is 0.643 bits per heavy atom. The van der Waals surface area contributed by atoms with Crippen molar-refractivity contribution < 1.29 is 33.0 Å². The van der Waals surface area contributed by atoms with E-state index in [1.54, 1.807) is 0 Å². The van der Waals surface area contributed by atoms with Crippen molar-refractivity contribution in [2.45, 2.75) is 114 Å². The zero-order chi connectivity index (χ0) is 21.6. The van der Waals surface area contributed by atoms with Gasteiger partial charge in [0.1, 0.15) is 36.6 Å². The van der Waals surface area contributed by atoms with Crippen LogP contribution in [0.2, 0.25) is 22.2 Å². The maximum absolute atomic E-state index is 10.8. The molecule has 1 heterocycles. The smallest absolute Gasteiger partial charge is 0.335 e. The number of hydrogen-bond donors (Lipinski definition) is 3. The summed E-state index contributed by atoms with van der Waals surface area (Å²) < 4.78 is 26.0. The van der Waals surface area contributed by atoms with Crippen LogP contribution in [0.15, 0.2) is 0 Å². The zero-order valence-corrected chi connectivity index (χ0v) is 20.7. The van der Waals surface area contributed by atoms with Crippen molar-refractivity contribution in [2.24, 2.45) is 0 Å².